The van der Waals surface area contributed by atoms with E-state index >= 15 is 0 Å². The van der Waals surface area contributed by atoms with Crippen molar-refractivity contribution in [3.8, 4) is 11.5 Å². The molecule has 0 aliphatic carbocycles. The Hall–Kier alpha value is -2.89. The van der Waals surface area contributed by atoms with Gasteiger partial charge in [-0.25, -0.2) is 0 Å². The molecule has 0 heterocycles. The van der Waals surface area contributed by atoms with E-state index in [1.807, 2.05) is 24.3 Å². The van der Waals surface area contributed by atoms with Gasteiger partial charge in [0.2, 0.25) is 0 Å². The molecule has 0 bridgehead atoms. The number of hydrogen-bond donors (Lipinski definition) is 0. The second kappa shape index (κ2) is 6.51. The molecular weight excluding hydrogens is 272 g/mol. The van der Waals surface area contributed by atoms with Crippen molar-refractivity contribution in [2.24, 2.45) is 4.99 Å². The van der Waals surface area contributed by atoms with Crippen LogP contribution in [-0.2, 0) is 6.54 Å². The minimum atomic E-state index is -0.545. The zero-order chi connectivity index (χ0) is 15.2. The monoisotopic (exact) mass is 285 g/mol. The van der Waals surface area contributed by atoms with Gasteiger partial charge in [-0.2, -0.15) is 0 Å². The van der Waals surface area contributed by atoms with E-state index in [1.54, 1.807) is 7.11 Å². The molecule has 0 saturated carbocycles. The Labute approximate surface area is 121 Å². The lowest BCUT2D eigenvalue weighted by Crippen LogP contribution is -1.98. The average molecular weight is 285 g/mol. The fraction of sp³-hybridized carbons (Fsp3) is 0.133. The van der Waals surface area contributed by atoms with E-state index in [0.29, 0.717) is 12.3 Å². The van der Waals surface area contributed by atoms with Gasteiger partial charge < -0.3 is 9.84 Å². The second-order valence-corrected chi connectivity index (χ2v) is 4.26. The van der Waals surface area contributed by atoms with Crippen molar-refractivity contribution in [2.75, 3.05) is 7.11 Å². The van der Waals surface area contributed by atoms with E-state index in [1.165, 1.54) is 24.4 Å². The van der Waals surface area contributed by atoms with Crippen LogP contribution in [0.15, 0.2) is 47.5 Å². The van der Waals surface area contributed by atoms with Gasteiger partial charge >= 0.3 is 0 Å². The van der Waals surface area contributed by atoms with Crippen LogP contribution in [0.5, 0.6) is 11.5 Å². The predicted molar refractivity (Wildman–Crippen MR) is 76.8 cm³/mol. The van der Waals surface area contributed by atoms with E-state index in [-0.39, 0.29) is 17.0 Å². The van der Waals surface area contributed by atoms with Crippen LogP contribution < -0.4 is 9.84 Å². The molecular formula is C15H13N2O4-. The van der Waals surface area contributed by atoms with Gasteiger partial charge in [0.25, 0.3) is 5.69 Å². The number of para-hydroxylation sites is 1. The Morgan fingerprint density at radius 3 is 2.76 bits per heavy atom. The van der Waals surface area contributed by atoms with Crippen LogP contribution in [0.4, 0.5) is 5.69 Å². The minimum absolute atomic E-state index is 0.131. The number of benzene rings is 2. The van der Waals surface area contributed by atoms with Crippen molar-refractivity contribution in [1.82, 2.24) is 0 Å². The first-order valence-electron chi connectivity index (χ1n) is 6.19. The molecule has 0 fully saturated rings. The Morgan fingerprint density at radius 1 is 1.29 bits per heavy atom. The van der Waals surface area contributed by atoms with Crippen LogP contribution in [0, 0.1) is 10.1 Å². The quantitative estimate of drug-likeness (QED) is 0.479. The molecule has 2 aromatic carbocycles. The molecule has 0 unspecified atom stereocenters. The molecule has 0 spiro atoms. The highest BCUT2D eigenvalue weighted by molar-refractivity contribution is 5.84. The van der Waals surface area contributed by atoms with Crippen molar-refractivity contribution >= 4 is 11.9 Å². The van der Waals surface area contributed by atoms with Gasteiger partial charge in [0.1, 0.15) is 5.75 Å². The molecule has 0 saturated heterocycles. The Balaban J connectivity index is 2.18. The van der Waals surface area contributed by atoms with Crippen LogP contribution >= 0.6 is 0 Å². The largest absolute Gasteiger partial charge is 0.872 e. The molecule has 2 aromatic rings. The minimum Gasteiger partial charge on any atom is -0.872 e. The van der Waals surface area contributed by atoms with Gasteiger partial charge in [-0.3, -0.25) is 15.1 Å². The molecule has 2 rings (SSSR count). The smallest absolute Gasteiger partial charge is 0.270 e. The van der Waals surface area contributed by atoms with Crippen LogP contribution in [-0.4, -0.2) is 18.2 Å². The third-order valence-corrected chi connectivity index (χ3v) is 2.89. The topological polar surface area (TPSA) is 87.8 Å². The number of nitrogens with zero attached hydrogens (tertiary/aromatic N) is 2. The summed E-state index contributed by atoms with van der Waals surface area (Å²) in [6.45, 7) is 0.326. The molecule has 0 aliphatic rings. The molecule has 108 valence electrons. The zero-order valence-corrected chi connectivity index (χ0v) is 11.4. The predicted octanol–water partition coefficient (Wildman–Crippen LogP) is 2.30. The van der Waals surface area contributed by atoms with E-state index in [4.69, 9.17) is 4.74 Å². The van der Waals surface area contributed by atoms with Crippen LogP contribution in [0.2, 0.25) is 0 Å². The van der Waals surface area contributed by atoms with Crippen LogP contribution in [0.1, 0.15) is 11.1 Å². The normalized spacial score (nSPS) is 10.7. The molecule has 0 amide bonds. The Kier molecular flexibility index (Phi) is 4.50. The SMILES string of the molecule is COc1ccccc1CN=Cc1cc([N+](=O)[O-])ccc1[O-]. The molecule has 0 radical (unpaired) electrons. The summed E-state index contributed by atoms with van der Waals surface area (Å²) < 4.78 is 5.20. The first-order valence-corrected chi connectivity index (χ1v) is 6.19. The summed E-state index contributed by atoms with van der Waals surface area (Å²) in [5.41, 5.74) is 0.932. The number of hydrogen-bond acceptors (Lipinski definition) is 5. The third kappa shape index (κ3) is 3.56. The van der Waals surface area contributed by atoms with Gasteiger partial charge in [-0.15, -0.1) is 0 Å². The van der Waals surface area contributed by atoms with Gasteiger partial charge in [0.15, 0.2) is 0 Å². The number of rotatable bonds is 5. The Morgan fingerprint density at radius 2 is 2.05 bits per heavy atom. The van der Waals surface area contributed by atoms with Crippen molar-refractivity contribution in [1.29, 1.82) is 0 Å². The molecule has 0 aliphatic heterocycles. The lowest BCUT2D eigenvalue weighted by atomic mass is 10.2. The molecule has 0 aromatic heterocycles. The summed E-state index contributed by atoms with van der Waals surface area (Å²) in [6, 6.07) is 11.0. The van der Waals surface area contributed by atoms with Crippen LogP contribution in [0.3, 0.4) is 0 Å². The fourth-order valence-electron chi connectivity index (χ4n) is 1.83. The fourth-order valence-corrected chi connectivity index (χ4v) is 1.83. The average Bonchev–Trinajstić information content (AvgIpc) is 2.49. The molecule has 0 atom stereocenters. The number of nitro groups is 1. The summed E-state index contributed by atoms with van der Waals surface area (Å²) in [6.07, 6.45) is 1.35. The molecule has 6 heteroatoms. The summed E-state index contributed by atoms with van der Waals surface area (Å²) in [4.78, 5) is 14.3. The summed E-state index contributed by atoms with van der Waals surface area (Å²) >= 11 is 0. The first kappa shape index (κ1) is 14.5. The number of nitro benzene ring substituents is 1. The van der Waals surface area contributed by atoms with E-state index < -0.39 is 4.92 Å². The van der Waals surface area contributed by atoms with Gasteiger partial charge in [-0.1, -0.05) is 30.0 Å². The maximum absolute atomic E-state index is 11.6. The van der Waals surface area contributed by atoms with Gasteiger partial charge in [-0.05, 0) is 11.6 Å². The summed E-state index contributed by atoms with van der Waals surface area (Å²) in [7, 11) is 1.57. The number of aliphatic imine (C=N–C) groups is 1. The lowest BCUT2D eigenvalue weighted by Gasteiger charge is -2.09. The zero-order valence-electron chi connectivity index (χ0n) is 11.4. The third-order valence-electron chi connectivity index (χ3n) is 2.89. The lowest BCUT2D eigenvalue weighted by molar-refractivity contribution is -0.385. The van der Waals surface area contributed by atoms with Crippen molar-refractivity contribution < 1.29 is 14.8 Å². The maximum atomic E-state index is 11.6. The van der Waals surface area contributed by atoms with Crippen LogP contribution in [0.25, 0.3) is 0 Å². The first-order chi connectivity index (χ1) is 10.1. The summed E-state index contributed by atoms with van der Waals surface area (Å²) in [5, 5.41) is 22.3. The second-order valence-electron chi connectivity index (χ2n) is 4.26. The highest BCUT2D eigenvalue weighted by Crippen LogP contribution is 2.20. The standard InChI is InChI=1S/C15H14N2O4/c1-21-15-5-3-2-4-11(15)9-16-10-12-8-13(17(19)20)6-7-14(12)18/h2-8,10,18H,9H2,1H3/p-1. The molecule has 6 nitrogen and oxygen atoms in total. The highest BCUT2D eigenvalue weighted by Gasteiger charge is 2.05. The maximum Gasteiger partial charge on any atom is 0.270 e. The summed E-state index contributed by atoms with van der Waals surface area (Å²) in [5.74, 6) is 0.403. The number of non-ortho nitro benzene ring substituents is 1. The molecule has 0 N–H and O–H groups in total. The molecule has 21 heavy (non-hydrogen) atoms. The number of ether oxygens (including phenoxy) is 1. The highest BCUT2D eigenvalue weighted by atomic mass is 16.6. The van der Waals surface area contributed by atoms with Gasteiger partial charge in [0, 0.05) is 23.9 Å². The Bertz CT molecular complexity index is 683. The van der Waals surface area contributed by atoms with Crippen molar-refractivity contribution in [2.45, 2.75) is 6.54 Å². The van der Waals surface area contributed by atoms with E-state index in [0.717, 1.165) is 5.56 Å². The van der Waals surface area contributed by atoms with E-state index in [2.05, 4.69) is 4.99 Å². The van der Waals surface area contributed by atoms with Crippen molar-refractivity contribution in [3.05, 3.63) is 63.7 Å². The van der Waals surface area contributed by atoms with Gasteiger partial charge in [0.05, 0.1) is 18.6 Å². The van der Waals surface area contributed by atoms with E-state index in [9.17, 15) is 15.2 Å². The number of methoxy groups -OCH3 is 1. The van der Waals surface area contributed by atoms with Crippen molar-refractivity contribution in [3.63, 3.8) is 0 Å².